The Morgan fingerprint density at radius 2 is 2.11 bits per heavy atom. The third kappa shape index (κ3) is 4.53. The average Bonchev–Trinajstić information content (AvgIpc) is 2.37. The second-order valence-electron chi connectivity index (χ2n) is 4.74. The molecule has 0 amide bonds. The second-order valence-corrected chi connectivity index (χ2v) is 5.66. The van der Waals surface area contributed by atoms with Gasteiger partial charge in [-0.15, -0.1) is 0 Å². The summed E-state index contributed by atoms with van der Waals surface area (Å²) >= 11 is 3.38. The molecule has 1 unspecified atom stereocenters. The highest BCUT2D eigenvalue weighted by Crippen LogP contribution is 2.27. The van der Waals surface area contributed by atoms with Gasteiger partial charge in [-0.3, -0.25) is 4.90 Å². The predicted molar refractivity (Wildman–Crippen MR) is 79.6 cm³/mol. The maximum atomic E-state index is 14.0. The minimum Gasteiger partial charge on any atom is -0.383 e. The zero-order chi connectivity index (χ0) is 14.4. The molecule has 1 atom stereocenters. The fourth-order valence-electron chi connectivity index (χ4n) is 2.18. The highest BCUT2D eigenvalue weighted by Gasteiger charge is 2.24. The van der Waals surface area contributed by atoms with Crippen LogP contribution in [0.5, 0.6) is 0 Å². The van der Waals surface area contributed by atoms with Gasteiger partial charge in [-0.05, 0) is 32.0 Å². The number of ether oxygens (including phenoxy) is 1. The fraction of sp³-hybridized carbons (Fsp3) is 0.571. The first-order chi connectivity index (χ1) is 9.01. The third-order valence-corrected chi connectivity index (χ3v) is 3.65. The van der Waals surface area contributed by atoms with Crippen molar-refractivity contribution in [2.45, 2.75) is 25.9 Å². The molecule has 0 spiro atoms. The highest BCUT2D eigenvalue weighted by molar-refractivity contribution is 9.10. The molecule has 0 fully saturated rings. The number of benzene rings is 1. The van der Waals surface area contributed by atoms with Gasteiger partial charge < -0.3 is 10.5 Å². The van der Waals surface area contributed by atoms with E-state index in [0.717, 1.165) is 11.0 Å². The van der Waals surface area contributed by atoms with Gasteiger partial charge in [0.25, 0.3) is 0 Å². The van der Waals surface area contributed by atoms with Crippen molar-refractivity contribution >= 4 is 15.9 Å². The number of nitrogens with zero attached hydrogens (tertiary/aromatic N) is 1. The first kappa shape index (κ1) is 16.6. The summed E-state index contributed by atoms with van der Waals surface area (Å²) in [7, 11) is 1.66. The molecule has 3 nitrogen and oxygen atoms in total. The zero-order valence-electron chi connectivity index (χ0n) is 11.7. The quantitative estimate of drug-likeness (QED) is 0.834. The molecule has 2 N–H and O–H groups in total. The lowest BCUT2D eigenvalue weighted by Crippen LogP contribution is -2.41. The molecule has 0 heterocycles. The van der Waals surface area contributed by atoms with Gasteiger partial charge in [0.15, 0.2) is 0 Å². The molecule has 108 valence electrons. The molecule has 0 radical (unpaired) electrons. The van der Waals surface area contributed by atoms with Gasteiger partial charge in [0.1, 0.15) is 5.82 Å². The summed E-state index contributed by atoms with van der Waals surface area (Å²) in [5.41, 5.74) is 6.50. The van der Waals surface area contributed by atoms with E-state index in [1.54, 1.807) is 19.2 Å². The van der Waals surface area contributed by atoms with Crippen LogP contribution in [0, 0.1) is 5.82 Å². The van der Waals surface area contributed by atoms with Crippen LogP contribution in [0.2, 0.25) is 0 Å². The number of halogens is 2. The van der Waals surface area contributed by atoms with Crippen LogP contribution in [0.4, 0.5) is 4.39 Å². The molecule has 1 aromatic rings. The van der Waals surface area contributed by atoms with Gasteiger partial charge in [-0.1, -0.05) is 15.9 Å². The van der Waals surface area contributed by atoms with E-state index in [0.29, 0.717) is 18.7 Å². The van der Waals surface area contributed by atoms with Crippen LogP contribution in [-0.4, -0.2) is 37.7 Å². The van der Waals surface area contributed by atoms with Gasteiger partial charge in [0.2, 0.25) is 0 Å². The molecule has 0 saturated carbocycles. The third-order valence-electron chi connectivity index (χ3n) is 3.16. The first-order valence-electron chi connectivity index (χ1n) is 6.41. The van der Waals surface area contributed by atoms with Crippen LogP contribution in [0.25, 0.3) is 0 Å². The molecule has 0 bridgehead atoms. The van der Waals surface area contributed by atoms with Gasteiger partial charge in [-0.25, -0.2) is 4.39 Å². The van der Waals surface area contributed by atoms with Crippen LogP contribution < -0.4 is 5.73 Å². The lowest BCUT2D eigenvalue weighted by molar-refractivity contribution is 0.0965. The van der Waals surface area contributed by atoms with Gasteiger partial charge in [-0.2, -0.15) is 0 Å². The largest absolute Gasteiger partial charge is 0.383 e. The van der Waals surface area contributed by atoms with Crippen molar-refractivity contribution in [3.63, 3.8) is 0 Å². The number of rotatable bonds is 7. The standard InChI is InChI=1S/C14H22BrFN2O/c1-10(2)18(6-7-19-3)14(9-17)12-8-11(15)4-5-13(12)16/h4-5,8,10,14H,6-7,9,17H2,1-3H3. The minimum atomic E-state index is -0.221. The lowest BCUT2D eigenvalue weighted by Gasteiger charge is -2.34. The van der Waals surface area contributed by atoms with Crippen LogP contribution >= 0.6 is 15.9 Å². The van der Waals surface area contributed by atoms with Crippen molar-refractivity contribution in [1.29, 1.82) is 0 Å². The van der Waals surface area contributed by atoms with Gasteiger partial charge in [0.05, 0.1) is 12.6 Å². The summed E-state index contributed by atoms with van der Waals surface area (Å²) in [4.78, 5) is 2.16. The molecule has 0 aromatic heterocycles. The van der Waals surface area contributed by atoms with E-state index in [4.69, 9.17) is 10.5 Å². The molecular weight excluding hydrogens is 311 g/mol. The lowest BCUT2D eigenvalue weighted by atomic mass is 10.0. The fourth-order valence-corrected chi connectivity index (χ4v) is 2.56. The van der Waals surface area contributed by atoms with Crippen molar-refractivity contribution in [1.82, 2.24) is 4.90 Å². The summed E-state index contributed by atoms with van der Waals surface area (Å²) < 4.78 is 20.0. The Morgan fingerprint density at radius 3 is 2.63 bits per heavy atom. The molecule has 1 rings (SSSR count). The van der Waals surface area contributed by atoms with Crippen LogP contribution in [-0.2, 0) is 4.74 Å². The maximum absolute atomic E-state index is 14.0. The Labute approximate surface area is 123 Å². The molecule has 5 heteroatoms. The van der Waals surface area contributed by atoms with Crippen molar-refractivity contribution in [3.05, 3.63) is 34.1 Å². The highest BCUT2D eigenvalue weighted by atomic mass is 79.9. The molecule has 19 heavy (non-hydrogen) atoms. The van der Waals surface area contributed by atoms with Crippen LogP contribution in [0.1, 0.15) is 25.5 Å². The smallest absolute Gasteiger partial charge is 0.128 e. The van der Waals surface area contributed by atoms with Crippen molar-refractivity contribution in [2.75, 3.05) is 26.8 Å². The van der Waals surface area contributed by atoms with E-state index in [9.17, 15) is 4.39 Å². The molecule has 1 aromatic carbocycles. The van der Waals surface area contributed by atoms with Gasteiger partial charge >= 0.3 is 0 Å². The zero-order valence-corrected chi connectivity index (χ0v) is 13.3. The Balaban J connectivity index is 3.04. The Kier molecular flexibility index (Phi) is 6.93. The number of methoxy groups -OCH3 is 1. The summed E-state index contributed by atoms with van der Waals surface area (Å²) in [6.45, 7) is 5.85. The Bertz CT molecular complexity index is 401. The van der Waals surface area contributed by atoms with E-state index in [1.165, 1.54) is 6.07 Å². The number of hydrogen-bond acceptors (Lipinski definition) is 3. The number of nitrogens with two attached hydrogens (primary N) is 1. The monoisotopic (exact) mass is 332 g/mol. The van der Waals surface area contributed by atoms with E-state index in [1.807, 2.05) is 0 Å². The topological polar surface area (TPSA) is 38.5 Å². The van der Waals surface area contributed by atoms with E-state index < -0.39 is 0 Å². The molecular formula is C14H22BrFN2O. The van der Waals surface area contributed by atoms with E-state index in [-0.39, 0.29) is 17.9 Å². The summed E-state index contributed by atoms with van der Waals surface area (Å²) in [6, 6.07) is 5.09. The summed E-state index contributed by atoms with van der Waals surface area (Å²) in [5, 5.41) is 0. The van der Waals surface area contributed by atoms with Gasteiger partial charge in [0, 0.05) is 36.3 Å². The molecule has 0 aliphatic heterocycles. The van der Waals surface area contributed by atoms with Crippen molar-refractivity contribution < 1.29 is 9.13 Å². The predicted octanol–water partition coefficient (Wildman–Crippen LogP) is 2.94. The minimum absolute atomic E-state index is 0.146. The molecule has 0 saturated heterocycles. The normalized spacial score (nSPS) is 13.3. The summed E-state index contributed by atoms with van der Waals surface area (Å²) in [5.74, 6) is -0.221. The Hall–Kier alpha value is -0.490. The maximum Gasteiger partial charge on any atom is 0.128 e. The number of hydrogen-bond donors (Lipinski definition) is 1. The second kappa shape index (κ2) is 7.94. The average molecular weight is 333 g/mol. The van der Waals surface area contributed by atoms with Crippen molar-refractivity contribution in [2.24, 2.45) is 5.73 Å². The van der Waals surface area contributed by atoms with Crippen LogP contribution in [0.3, 0.4) is 0 Å². The van der Waals surface area contributed by atoms with E-state index in [2.05, 4.69) is 34.7 Å². The Morgan fingerprint density at radius 1 is 1.42 bits per heavy atom. The summed E-state index contributed by atoms with van der Waals surface area (Å²) in [6.07, 6.45) is 0. The molecule has 0 aliphatic rings. The SMILES string of the molecule is COCCN(C(C)C)C(CN)c1cc(Br)ccc1F. The molecule has 0 aliphatic carbocycles. The van der Waals surface area contributed by atoms with E-state index >= 15 is 0 Å². The first-order valence-corrected chi connectivity index (χ1v) is 7.20. The van der Waals surface area contributed by atoms with Crippen molar-refractivity contribution in [3.8, 4) is 0 Å². The van der Waals surface area contributed by atoms with Crippen LogP contribution in [0.15, 0.2) is 22.7 Å².